The number of nitrogens with zero attached hydrogens (tertiary/aromatic N) is 1. The third-order valence-corrected chi connectivity index (χ3v) is 5.90. The standard InChI is InChI=1S/C28H36N4O7/c1-6-17(3)39-21-11-8-19(9-12-21)15-29-32-24(33)16-38-22-13-10-20(14-23(22)37-7-2)26-25(27(34)36-5)18(4)30-28(35)31-26/h8-15,17,24,26,32-33H,6-7,16H2,1-5H3,(H2,30,31,35)/b29-15-/t17-,24+,26+/m1/s1. The van der Waals surface area contributed by atoms with Crippen LogP contribution >= 0.6 is 0 Å². The van der Waals surface area contributed by atoms with Gasteiger partial charge in [0.05, 0.1) is 37.7 Å². The van der Waals surface area contributed by atoms with E-state index in [1.807, 2.05) is 38.1 Å². The Morgan fingerprint density at radius 3 is 2.56 bits per heavy atom. The summed E-state index contributed by atoms with van der Waals surface area (Å²) in [6.45, 7) is 7.77. The molecule has 0 spiro atoms. The molecule has 0 saturated heterocycles. The molecule has 210 valence electrons. The van der Waals surface area contributed by atoms with Crippen LogP contribution in [-0.2, 0) is 9.53 Å². The normalized spacial score (nSPS) is 16.7. The van der Waals surface area contributed by atoms with Crippen LogP contribution in [0.25, 0.3) is 0 Å². The van der Waals surface area contributed by atoms with Crippen molar-refractivity contribution < 1.29 is 33.6 Å². The number of hydrazone groups is 1. The first-order chi connectivity index (χ1) is 18.7. The van der Waals surface area contributed by atoms with E-state index in [1.165, 1.54) is 7.11 Å². The van der Waals surface area contributed by atoms with Gasteiger partial charge in [0.15, 0.2) is 17.7 Å². The third-order valence-electron chi connectivity index (χ3n) is 5.90. The highest BCUT2D eigenvalue weighted by molar-refractivity contribution is 5.95. The summed E-state index contributed by atoms with van der Waals surface area (Å²) < 4.78 is 22.2. The second kappa shape index (κ2) is 14.1. The number of nitrogens with one attached hydrogen (secondary N) is 3. The molecule has 3 rings (SSSR count). The summed E-state index contributed by atoms with van der Waals surface area (Å²) in [5.74, 6) is 0.991. The Bertz CT molecular complexity index is 1200. The minimum atomic E-state index is -1.09. The first kappa shape index (κ1) is 29.3. The van der Waals surface area contributed by atoms with Gasteiger partial charge in [0.25, 0.3) is 0 Å². The van der Waals surface area contributed by atoms with Crippen LogP contribution in [0.3, 0.4) is 0 Å². The Morgan fingerprint density at radius 1 is 1.15 bits per heavy atom. The molecular formula is C28H36N4O7. The third kappa shape index (κ3) is 8.11. The number of aliphatic hydroxyl groups is 1. The molecule has 2 aromatic carbocycles. The summed E-state index contributed by atoms with van der Waals surface area (Å²) in [5, 5.41) is 19.7. The lowest BCUT2D eigenvalue weighted by molar-refractivity contribution is -0.136. The van der Waals surface area contributed by atoms with Crippen molar-refractivity contribution in [3.05, 3.63) is 64.9 Å². The predicted octanol–water partition coefficient (Wildman–Crippen LogP) is 3.38. The molecule has 1 aliphatic heterocycles. The second-order valence-electron chi connectivity index (χ2n) is 8.82. The van der Waals surface area contributed by atoms with Crippen LogP contribution in [0.15, 0.2) is 58.8 Å². The zero-order valence-corrected chi connectivity index (χ0v) is 22.8. The lowest BCUT2D eigenvalue weighted by atomic mass is 9.95. The molecule has 4 N–H and O–H groups in total. The molecule has 39 heavy (non-hydrogen) atoms. The molecule has 2 aromatic rings. The van der Waals surface area contributed by atoms with Gasteiger partial charge >= 0.3 is 12.0 Å². The van der Waals surface area contributed by atoms with Crippen molar-refractivity contribution in [1.82, 2.24) is 16.1 Å². The molecule has 2 amide bonds. The smallest absolute Gasteiger partial charge is 0.337 e. The number of ether oxygens (including phenoxy) is 4. The number of hydrogen-bond acceptors (Lipinski definition) is 9. The summed E-state index contributed by atoms with van der Waals surface area (Å²) in [4.78, 5) is 24.5. The molecule has 0 saturated carbocycles. The van der Waals surface area contributed by atoms with Gasteiger partial charge in [-0.1, -0.05) is 13.0 Å². The SMILES string of the molecule is CCOc1cc([C@@H]2NC(=O)NC(C)=C2C(=O)OC)ccc1OC[C@H](O)N/N=C\c1ccc(O[C@H](C)CC)cc1. The number of carbonyl (C=O) groups is 2. The fourth-order valence-corrected chi connectivity index (χ4v) is 3.77. The van der Waals surface area contributed by atoms with Crippen molar-refractivity contribution >= 4 is 18.2 Å². The predicted molar refractivity (Wildman–Crippen MR) is 146 cm³/mol. The fourth-order valence-electron chi connectivity index (χ4n) is 3.77. The number of rotatable bonds is 13. The first-order valence-electron chi connectivity index (χ1n) is 12.7. The number of amides is 2. The highest BCUT2D eigenvalue weighted by atomic mass is 16.5. The molecule has 0 bridgehead atoms. The van der Waals surface area contributed by atoms with Crippen LogP contribution < -0.4 is 30.3 Å². The maximum absolute atomic E-state index is 12.4. The molecule has 0 aliphatic carbocycles. The molecule has 0 radical (unpaired) electrons. The molecule has 11 heteroatoms. The zero-order valence-electron chi connectivity index (χ0n) is 22.8. The maximum atomic E-state index is 12.4. The van der Waals surface area contributed by atoms with E-state index in [0.717, 1.165) is 17.7 Å². The topological polar surface area (TPSA) is 140 Å². The molecule has 1 heterocycles. The van der Waals surface area contributed by atoms with Crippen LogP contribution in [0.5, 0.6) is 17.2 Å². The van der Waals surface area contributed by atoms with Crippen molar-refractivity contribution in [2.24, 2.45) is 5.10 Å². The number of methoxy groups -OCH3 is 1. The summed E-state index contributed by atoms with van der Waals surface area (Å²) in [7, 11) is 1.28. The number of urea groups is 1. The van der Waals surface area contributed by atoms with Gasteiger partial charge in [-0.2, -0.15) is 5.10 Å². The Morgan fingerprint density at radius 2 is 1.90 bits per heavy atom. The van der Waals surface area contributed by atoms with Gasteiger partial charge in [-0.3, -0.25) is 5.43 Å². The van der Waals surface area contributed by atoms with E-state index in [4.69, 9.17) is 18.9 Å². The van der Waals surface area contributed by atoms with Crippen LogP contribution in [0, 0.1) is 0 Å². The van der Waals surface area contributed by atoms with Crippen molar-refractivity contribution in [3.8, 4) is 17.2 Å². The van der Waals surface area contributed by atoms with Crippen LogP contribution in [0.1, 0.15) is 51.3 Å². The highest BCUT2D eigenvalue weighted by Gasteiger charge is 2.32. The lowest BCUT2D eigenvalue weighted by Crippen LogP contribution is -2.45. The van der Waals surface area contributed by atoms with E-state index in [9.17, 15) is 14.7 Å². The van der Waals surface area contributed by atoms with Gasteiger partial charge in [0.2, 0.25) is 0 Å². The summed E-state index contributed by atoms with van der Waals surface area (Å²) in [5.41, 5.74) is 4.74. The minimum absolute atomic E-state index is 0.116. The van der Waals surface area contributed by atoms with E-state index in [0.29, 0.717) is 29.4 Å². The largest absolute Gasteiger partial charge is 0.491 e. The van der Waals surface area contributed by atoms with E-state index < -0.39 is 24.3 Å². The fraction of sp³-hybridized carbons (Fsp3) is 0.393. The second-order valence-corrected chi connectivity index (χ2v) is 8.82. The lowest BCUT2D eigenvalue weighted by Gasteiger charge is -2.28. The van der Waals surface area contributed by atoms with Crippen LogP contribution in [-0.4, -0.2) is 56.0 Å². The first-order valence-corrected chi connectivity index (χ1v) is 12.7. The molecule has 0 unspecified atom stereocenters. The Kier molecular flexibility index (Phi) is 10.6. The van der Waals surface area contributed by atoms with Crippen LogP contribution in [0.2, 0.25) is 0 Å². The zero-order chi connectivity index (χ0) is 28.4. The number of hydrogen-bond donors (Lipinski definition) is 4. The van der Waals surface area contributed by atoms with Gasteiger partial charge in [0.1, 0.15) is 12.4 Å². The maximum Gasteiger partial charge on any atom is 0.337 e. The van der Waals surface area contributed by atoms with E-state index >= 15 is 0 Å². The van der Waals surface area contributed by atoms with Gasteiger partial charge in [-0.15, -0.1) is 0 Å². The molecule has 1 aliphatic rings. The van der Waals surface area contributed by atoms with Gasteiger partial charge < -0.3 is 34.7 Å². The highest BCUT2D eigenvalue weighted by Crippen LogP contribution is 2.34. The number of carbonyl (C=O) groups excluding carboxylic acids is 2. The molecular weight excluding hydrogens is 504 g/mol. The Labute approximate surface area is 228 Å². The number of benzene rings is 2. The minimum Gasteiger partial charge on any atom is -0.491 e. The average Bonchev–Trinajstić information content (AvgIpc) is 2.92. The van der Waals surface area contributed by atoms with Crippen molar-refractivity contribution in [1.29, 1.82) is 0 Å². The van der Waals surface area contributed by atoms with Gasteiger partial charge in [-0.05, 0) is 74.7 Å². The molecule has 0 fully saturated rings. The van der Waals surface area contributed by atoms with E-state index in [2.05, 4.69) is 28.1 Å². The van der Waals surface area contributed by atoms with E-state index in [1.54, 1.807) is 31.3 Å². The number of aliphatic hydroxyl groups excluding tert-OH is 1. The molecule has 11 nitrogen and oxygen atoms in total. The Hall–Kier alpha value is -4.25. The quantitative estimate of drug-likeness (QED) is 0.131. The van der Waals surface area contributed by atoms with Crippen molar-refractivity contribution in [2.45, 2.75) is 52.5 Å². The summed E-state index contributed by atoms with van der Waals surface area (Å²) in [6.07, 6.45) is 1.55. The van der Waals surface area contributed by atoms with E-state index in [-0.39, 0.29) is 18.3 Å². The summed E-state index contributed by atoms with van der Waals surface area (Å²) >= 11 is 0. The van der Waals surface area contributed by atoms with Crippen molar-refractivity contribution in [2.75, 3.05) is 20.3 Å². The summed E-state index contributed by atoms with van der Waals surface area (Å²) in [6, 6.07) is 11.3. The van der Waals surface area contributed by atoms with Gasteiger partial charge in [0, 0.05) is 5.70 Å². The van der Waals surface area contributed by atoms with Crippen molar-refractivity contribution in [3.63, 3.8) is 0 Å². The molecule has 3 atom stereocenters. The average molecular weight is 541 g/mol. The van der Waals surface area contributed by atoms with Crippen LogP contribution in [0.4, 0.5) is 4.79 Å². The monoisotopic (exact) mass is 540 g/mol. The Balaban J connectivity index is 1.63. The number of esters is 1. The number of allylic oxidation sites excluding steroid dienone is 1. The molecule has 0 aromatic heterocycles. The van der Waals surface area contributed by atoms with Gasteiger partial charge in [-0.25, -0.2) is 9.59 Å².